The number of rotatable bonds is 6. The highest BCUT2D eigenvalue weighted by Gasteiger charge is 2.13. The first-order valence-corrected chi connectivity index (χ1v) is 6.70. The molecule has 1 aromatic heterocycles. The molecule has 0 spiro atoms. The summed E-state index contributed by atoms with van der Waals surface area (Å²) >= 11 is 0. The summed E-state index contributed by atoms with van der Waals surface area (Å²) in [5, 5.41) is 11.2. The number of pyridine rings is 1. The standard InChI is InChI=1S/C16H16FN3O3/c1-10(3-4-18)14(9-22-23-21-2)13-5-11-7-16(19)20-8-12(11)6-15(13)17/h3-9,18H,1-2H3,(H2,19,20)/p+1/b10-3-,14-9+,18-4?. The van der Waals surface area contributed by atoms with Crippen molar-refractivity contribution in [3.05, 3.63) is 53.7 Å². The highest BCUT2D eigenvalue weighted by Crippen LogP contribution is 2.29. The third-order valence-electron chi connectivity index (χ3n) is 3.16. The molecule has 0 bridgehead atoms. The van der Waals surface area contributed by atoms with Crippen molar-refractivity contribution >= 4 is 28.4 Å². The van der Waals surface area contributed by atoms with Gasteiger partial charge in [-0.2, -0.15) is 4.89 Å². The van der Waals surface area contributed by atoms with Crippen LogP contribution in [0.3, 0.4) is 0 Å². The van der Waals surface area contributed by atoms with Crippen molar-refractivity contribution < 1.29 is 24.6 Å². The smallest absolute Gasteiger partial charge is 0.160 e. The SMILES string of the molecule is COOO/C=C(\C(C)=C/C=[NH2+])c1cc2cc(N)ncc2cc1F. The van der Waals surface area contributed by atoms with Crippen molar-refractivity contribution in [1.82, 2.24) is 4.98 Å². The lowest BCUT2D eigenvalue weighted by molar-refractivity contribution is -0.478. The lowest BCUT2D eigenvalue weighted by Crippen LogP contribution is -2.28. The van der Waals surface area contributed by atoms with E-state index in [9.17, 15) is 4.39 Å². The summed E-state index contributed by atoms with van der Waals surface area (Å²) in [6.07, 6.45) is 5.71. The van der Waals surface area contributed by atoms with Gasteiger partial charge in [-0.15, -0.1) is 0 Å². The first kappa shape index (κ1) is 16.6. The van der Waals surface area contributed by atoms with Gasteiger partial charge < -0.3 is 10.6 Å². The van der Waals surface area contributed by atoms with Crippen LogP contribution in [0.2, 0.25) is 0 Å². The average Bonchev–Trinajstić information content (AvgIpc) is 2.52. The maximum atomic E-state index is 14.5. The summed E-state index contributed by atoms with van der Waals surface area (Å²) in [5.41, 5.74) is 7.10. The lowest BCUT2D eigenvalue weighted by Gasteiger charge is -2.10. The van der Waals surface area contributed by atoms with Gasteiger partial charge in [0, 0.05) is 28.8 Å². The van der Waals surface area contributed by atoms with Gasteiger partial charge in [0.25, 0.3) is 0 Å². The van der Waals surface area contributed by atoms with Crippen LogP contribution in [0.4, 0.5) is 10.2 Å². The van der Waals surface area contributed by atoms with E-state index in [4.69, 9.17) is 16.0 Å². The summed E-state index contributed by atoms with van der Waals surface area (Å²) in [7, 11) is 1.29. The molecule has 0 aliphatic carbocycles. The van der Waals surface area contributed by atoms with Crippen molar-refractivity contribution in [2.75, 3.05) is 12.8 Å². The number of nitrogens with two attached hydrogens (primary N) is 2. The van der Waals surface area contributed by atoms with Gasteiger partial charge in [-0.1, -0.05) is 0 Å². The van der Waals surface area contributed by atoms with Crippen molar-refractivity contribution in [3.8, 4) is 0 Å². The van der Waals surface area contributed by atoms with Gasteiger partial charge in [-0.05, 0) is 41.1 Å². The van der Waals surface area contributed by atoms with Gasteiger partial charge in [0.2, 0.25) is 0 Å². The van der Waals surface area contributed by atoms with Crippen molar-refractivity contribution in [3.63, 3.8) is 0 Å². The maximum absolute atomic E-state index is 14.5. The van der Waals surface area contributed by atoms with E-state index in [1.54, 1.807) is 25.1 Å². The molecule has 120 valence electrons. The molecule has 2 aromatic rings. The predicted molar refractivity (Wildman–Crippen MR) is 85.0 cm³/mol. The van der Waals surface area contributed by atoms with Gasteiger partial charge >= 0.3 is 0 Å². The molecular formula is C16H17FN3O3+. The molecule has 0 unspecified atom stereocenters. The van der Waals surface area contributed by atoms with Gasteiger partial charge in [0.1, 0.15) is 17.9 Å². The van der Waals surface area contributed by atoms with Crippen LogP contribution in [0, 0.1) is 5.82 Å². The highest BCUT2D eigenvalue weighted by molar-refractivity contribution is 5.91. The third-order valence-corrected chi connectivity index (χ3v) is 3.16. The summed E-state index contributed by atoms with van der Waals surface area (Å²) in [6.45, 7) is 1.76. The van der Waals surface area contributed by atoms with E-state index in [-0.39, 0.29) is 0 Å². The number of allylic oxidation sites excluding steroid dienone is 3. The zero-order valence-electron chi connectivity index (χ0n) is 12.7. The van der Waals surface area contributed by atoms with E-state index < -0.39 is 5.82 Å². The van der Waals surface area contributed by atoms with Crippen LogP contribution < -0.4 is 11.1 Å². The Balaban J connectivity index is 2.59. The highest BCUT2D eigenvalue weighted by atomic mass is 19.1. The number of benzene rings is 1. The Labute approximate surface area is 132 Å². The Morgan fingerprint density at radius 1 is 1.30 bits per heavy atom. The molecule has 0 saturated carbocycles. The lowest BCUT2D eigenvalue weighted by atomic mass is 9.97. The van der Waals surface area contributed by atoms with E-state index in [0.29, 0.717) is 27.9 Å². The van der Waals surface area contributed by atoms with E-state index in [2.05, 4.69) is 14.9 Å². The van der Waals surface area contributed by atoms with Crippen LogP contribution in [0.15, 0.2) is 42.3 Å². The first-order chi connectivity index (χ1) is 11.1. The number of aromatic nitrogens is 1. The summed E-state index contributed by atoms with van der Waals surface area (Å²) in [4.78, 5) is 13.1. The molecule has 0 atom stereocenters. The number of halogens is 1. The number of hydrogen-bond donors (Lipinski definition) is 2. The number of nitrogens with zero attached hydrogens (tertiary/aromatic N) is 1. The van der Waals surface area contributed by atoms with Crippen LogP contribution in [-0.2, 0) is 14.8 Å². The molecule has 0 saturated heterocycles. The van der Waals surface area contributed by atoms with Gasteiger partial charge in [-0.3, -0.25) is 5.41 Å². The predicted octanol–water partition coefficient (Wildman–Crippen LogP) is 1.58. The molecule has 0 radical (unpaired) electrons. The minimum Gasteiger partial charge on any atom is -0.384 e. The summed E-state index contributed by atoms with van der Waals surface area (Å²) in [5.74, 6) is -0.0942. The number of anilines is 1. The number of nitrogen functional groups attached to an aromatic ring is 1. The Morgan fingerprint density at radius 3 is 2.78 bits per heavy atom. The van der Waals surface area contributed by atoms with E-state index >= 15 is 0 Å². The minimum absolute atomic E-state index is 0.304. The molecule has 6 nitrogen and oxygen atoms in total. The molecule has 1 aromatic carbocycles. The number of hydrogen-bond acceptors (Lipinski definition) is 5. The quantitative estimate of drug-likeness (QED) is 0.211. The number of fused-ring (bicyclic) bond motifs is 1. The second kappa shape index (κ2) is 7.48. The van der Waals surface area contributed by atoms with Gasteiger partial charge in [-0.25, -0.2) is 9.37 Å². The van der Waals surface area contributed by atoms with E-state index in [0.717, 1.165) is 5.39 Å². The van der Waals surface area contributed by atoms with E-state index in [1.165, 1.54) is 31.8 Å². The topological polar surface area (TPSA) is 92.2 Å². The Kier molecular flexibility index (Phi) is 5.40. The average molecular weight is 318 g/mol. The van der Waals surface area contributed by atoms with E-state index in [1.807, 2.05) is 0 Å². The molecule has 2 rings (SSSR count). The normalized spacial score (nSPS) is 12.5. The van der Waals surface area contributed by atoms with Crippen LogP contribution in [0.25, 0.3) is 16.3 Å². The molecule has 23 heavy (non-hydrogen) atoms. The Hall–Kier alpha value is -2.77. The second-order valence-corrected chi connectivity index (χ2v) is 4.69. The fraction of sp³-hybridized carbons (Fsp3) is 0.125. The molecule has 0 aliphatic heterocycles. The minimum atomic E-state index is -0.443. The zero-order chi connectivity index (χ0) is 16.8. The molecule has 0 fully saturated rings. The molecule has 4 N–H and O–H groups in total. The van der Waals surface area contributed by atoms with Crippen LogP contribution in [-0.4, -0.2) is 18.3 Å². The third kappa shape index (κ3) is 3.91. The fourth-order valence-electron chi connectivity index (χ4n) is 2.10. The maximum Gasteiger partial charge on any atom is 0.160 e. The van der Waals surface area contributed by atoms with Crippen molar-refractivity contribution in [2.45, 2.75) is 6.92 Å². The van der Waals surface area contributed by atoms with Crippen LogP contribution in [0.5, 0.6) is 0 Å². The monoisotopic (exact) mass is 318 g/mol. The summed E-state index contributed by atoms with van der Waals surface area (Å²) in [6, 6.07) is 4.69. The second-order valence-electron chi connectivity index (χ2n) is 4.69. The molecule has 0 aliphatic rings. The Morgan fingerprint density at radius 2 is 2.09 bits per heavy atom. The van der Waals surface area contributed by atoms with Gasteiger partial charge in [0.05, 0.1) is 7.11 Å². The van der Waals surface area contributed by atoms with Crippen LogP contribution >= 0.6 is 0 Å². The first-order valence-electron chi connectivity index (χ1n) is 6.70. The summed E-state index contributed by atoms with van der Waals surface area (Å²) < 4.78 is 14.5. The molecular weight excluding hydrogens is 301 g/mol. The Bertz CT molecular complexity index is 787. The van der Waals surface area contributed by atoms with Crippen molar-refractivity contribution in [2.24, 2.45) is 0 Å². The van der Waals surface area contributed by atoms with Crippen LogP contribution in [0.1, 0.15) is 12.5 Å². The van der Waals surface area contributed by atoms with Gasteiger partial charge in [0.15, 0.2) is 6.21 Å². The molecule has 1 heterocycles. The molecule has 7 heteroatoms. The zero-order valence-corrected chi connectivity index (χ0v) is 12.7. The fourth-order valence-corrected chi connectivity index (χ4v) is 2.10. The largest absolute Gasteiger partial charge is 0.384 e. The van der Waals surface area contributed by atoms with Crippen molar-refractivity contribution in [1.29, 1.82) is 0 Å². The molecule has 0 amide bonds.